The Morgan fingerprint density at radius 3 is 2.08 bits per heavy atom. The normalized spacial score (nSPS) is 39.6. The van der Waals surface area contributed by atoms with Gasteiger partial charge in [0, 0.05) is 25.2 Å². The minimum atomic E-state index is -0.785. The van der Waals surface area contributed by atoms with Crippen molar-refractivity contribution in [2.75, 3.05) is 19.8 Å². The van der Waals surface area contributed by atoms with Crippen molar-refractivity contribution < 1.29 is 19.4 Å². The number of aliphatic carboxylic acids is 1. The van der Waals surface area contributed by atoms with Crippen LogP contribution in [0.1, 0.15) is 51.4 Å². The molecule has 0 spiro atoms. The van der Waals surface area contributed by atoms with E-state index in [2.05, 4.69) is 5.32 Å². The van der Waals surface area contributed by atoms with Gasteiger partial charge >= 0.3 is 5.97 Å². The minimum absolute atomic E-state index is 0.118. The van der Waals surface area contributed by atoms with Crippen molar-refractivity contribution in [3.8, 4) is 0 Å². The summed E-state index contributed by atoms with van der Waals surface area (Å²) in [6, 6.07) is 0. The zero-order valence-electron chi connectivity index (χ0n) is 14.3. The van der Waals surface area contributed by atoms with Crippen LogP contribution in [0.2, 0.25) is 0 Å². The zero-order chi connectivity index (χ0) is 16.7. The first kappa shape index (κ1) is 16.4. The molecule has 5 heteroatoms. The topological polar surface area (TPSA) is 75.6 Å². The number of carbonyl (C=O) groups excluding carboxylic acids is 1. The van der Waals surface area contributed by atoms with Crippen LogP contribution in [0.5, 0.6) is 0 Å². The zero-order valence-corrected chi connectivity index (χ0v) is 14.3. The van der Waals surface area contributed by atoms with Gasteiger partial charge in [0.2, 0.25) is 5.91 Å². The largest absolute Gasteiger partial charge is 0.481 e. The summed E-state index contributed by atoms with van der Waals surface area (Å²) in [5, 5.41) is 12.6. The number of rotatable bonds is 5. The van der Waals surface area contributed by atoms with Gasteiger partial charge in [-0.2, -0.15) is 0 Å². The van der Waals surface area contributed by atoms with Crippen molar-refractivity contribution in [1.82, 2.24) is 5.32 Å². The summed E-state index contributed by atoms with van der Waals surface area (Å²) in [5.74, 6) is 1.18. The molecule has 0 aromatic heterocycles. The van der Waals surface area contributed by atoms with Gasteiger partial charge in [0.1, 0.15) is 0 Å². The summed E-state index contributed by atoms with van der Waals surface area (Å²) in [6.45, 7) is 1.55. The molecule has 5 rings (SSSR count). The molecule has 24 heavy (non-hydrogen) atoms. The van der Waals surface area contributed by atoms with Crippen molar-refractivity contribution in [2.24, 2.45) is 35.0 Å². The van der Waals surface area contributed by atoms with Crippen LogP contribution >= 0.6 is 0 Å². The Balaban J connectivity index is 1.39. The lowest BCUT2D eigenvalue weighted by Gasteiger charge is -2.55. The Hall–Kier alpha value is -1.10. The number of carboxylic acids is 1. The first-order valence-corrected chi connectivity index (χ1v) is 9.64. The molecule has 4 bridgehead atoms. The van der Waals surface area contributed by atoms with Crippen molar-refractivity contribution in [3.05, 3.63) is 0 Å². The van der Waals surface area contributed by atoms with Crippen molar-refractivity contribution >= 4 is 11.9 Å². The lowest BCUT2D eigenvalue weighted by Crippen LogP contribution is -2.54. The molecule has 0 radical (unpaired) electrons. The fraction of sp³-hybridized carbons (Fsp3) is 0.895. The first-order valence-electron chi connectivity index (χ1n) is 9.64. The van der Waals surface area contributed by atoms with Gasteiger partial charge in [-0.1, -0.05) is 0 Å². The molecule has 1 saturated heterocycles. The van der Waals surface area contributed by atoms with Crippen LogP contribution in [0, 0.1) is 35.0 Å². The highest BCUT2D eigenvalue weighted by Crippen LogP contribution is 2.60. The molecular formula is C19H29NO4. The van der Waals surface area contributed by atoms with Crippen molar-refractivity contribution in [3.63, 3.8) is 0 Å². The summed E-state index contributed by atoms with van der Waals surface area (Å²) in [6.07, 6.45) is 8.58. The Morgan fingerprint density at radius 2 is 1.58 bits per heavy atom. The Labute approximate surface area is 143 Å². The number of hydrogen-bond acceptors (Lipinski definition) is 3. The van der Waals surface area contributed by atoms with Crippen molar-refractivity contribution in [1.29, 1.82) is 0 Å². The molecule has 5 nitrogen and oxygen atoms in total. The van der Waals surface area contributed by atoms with Gasteiger partial charge in [-0.05, 0) is 75.0 Å². The van der Waals surface area contributed by atoms with Gasteiger partial charge < -0.3 is 15.2 Å². The fourth-order valence-electron chi connectivity index (χ4n) is 6.35. The molecule has 1 unspecified atom stereocenters. The molecular weight excluding hydrogens is 306 g/mol. The van der Waals surface area contributed by atoms with E-state index in [0.29, 0.717) is 13.2 Å². The van der Waals surface area contributed by atoms with Crippen LogP contribution in [0.15, 0.2) is 0 Å². The van der Waals surface area contributed by atoms with Gasteiger partial charge in [0.25, 0.3) is 0 Å². The summed E-state index contributed by atoms with van der Waals surface area (Å²) in [5.41, 5.74) is -0.187. The van der Waals surface area contributed by atoms with E-state index < -0.39 is 11.9 Å². The highest BCUT2D eigenvalue weighted by atomic mass is 16.5. The van der Waals surface area contributed by atoms with E-state index in [1.807, 2.05) is 0 Å². The smallest absolute Gasteiger partial charge is 0.308 e. The molecule has 0 aromatic rings. The van der Waals surface area contributed by atoms with Gasteiger partial charge in [-0.3, -0.25) is 9.59 Å². The predicted octanol–water partition coefficient (Wildman–Crippen LogP) is 2.45. The summed E-state index contributed by atoms with van der Waals surface area (Å²) >= 11 is 0. The number of nitrogens with one attached hydrogen (secondary N) is 1. The average Bonchev–Trinajstić information content (AvgIpc) is 2.54. The third kappa shape index (κ3) is 2.96. The molecule has 1 heterocycles. The second-order valence-corrected chi connectivity index (χ2v) is 8.80. The summed E-state index contributed by atoms with van der Waals surface area (Å²) < 4.78 is 5.34. The number of carboxylic acid groups (broad SMARTS) is 1. The minimum Gasteiger partial charge on any atom is -0.481 e. The lowest BCUT2D eigenvalue weighted by molar-refractivity contribution is -0.148. The van der Waals surface area contributed by atoms with E-state index in [4.69, 9.17) is 4.74 Å². The summed E-state index contributed by atoms with van der Waals surface area (Å²) in [7, 11) is 0. The Morgan fingerprint density at radius 1 is 1.04 bits per heavy atom. The maximum atomic E-state index is 13.0. The maximum Gasteiger partial charge on any atom is 0.308 e. The number of ether oxygens (including phenoxy) is 1. The molecule has 134 valence electrons. The van der Waals surface area contributed by atoms with Crippen LogP contribution in [-0.2, 0) is 14.3 Å². The quantitative estimate of drug-likeness (QED) is 0.809. The van der Waals surface area contributed by atoms with Crippen LogP contribution in [-0.4, -0.2) is 36.7 Å². The second kappa shape index (κ2) is 6.32. The van der Waals surface area contributed by atoms with Crippen molar-refractivity contribution in [2.45, 2.75) is 51.4 Å². The molecule has 5 aliphatic rings. The predicted molar refractivity (Wildman–Crippen MR) is 88.3 cm³/mol. The SMILES string of the molecule is O=C(O)C(CNC(=O)C12CC3CC(CC(C3)C1)C2)C1CCOCC1. The lowest BCUT2D eigenvalue weighted by atomic mass is 9.49. The van der Waals surface area contributed by atoms with E-state index >= 15 is 0 Å². The molecule has 1 amide bonds. The van der Waals surface area contributed by atoms with Crippen LogP contribution < -0.4 is 5.32 Å². The van der Waals surface area contributed by atoms with Crippen LogP contribution in [0.25, 0.3) is 0 Å². The van der Waals surface area contributed by atoms with E-state index in [1.165, 1.54) is 19.3 Å². The molecule has 1 aliphatic heterocycles. The monoisotopic (exact) mass is 335 g/mol. The maximum absolute atomic E-state index is 13.0. The highest BCUT2D eigenvalue weighted by Gasteiger charge is 2.54. The van der Waals surface area contributed by atoms with Crippen LogP contribution in [0.3, 0.4) is 0 Å². The Bertz CT molecular complexity index is 476. The second-order valence-electron chi connectivity index (χ2n) is 8.80. The van der Waals surface area contributed by atoms with Gasteiger partial charge in [0.15, 0.2) is 0 Å². The van der Waals surface area contributed by atoms with Gasteiger partial charge in [-0.15, -0.1) is 0 Å². The molecule has 4 aliphatic carbocycles. The molecule has 4 saturated carbocycles. The fourth-order valence-corrected chi connectivity index (χ4v) is 6.35. The average molecular weight is 335 g/mol. The molecule has 0 aromatic carbocycles. The van der Waals surface area contributed by atoms with E-state index in [1.54, 1.807) is 0 Å². The Kier molecular flexibility index (Phi) is 4.31. The number of carbonyl (C=O) groups is 2. The van der Waals surface area contributed by atoms with E-state index in [-0.39, 0.29) is 23.8 Å². The highest BCUT2D eigenvalue weighted by molar-refractivity contribution is 5.83. The van der Waals surface area contributed by atoms with Gasteiger partial charge in [0.05, 0.1) is 5.92 Å². The van der Waals surface area contributed by atoms with Gasteiger partial charge in [-0.25, -0.2) is 0 Å². The summed E-state index contributed by atoms with van der Waals surface area (Å²) in [4.78, 5) is 24.6. The van der Waals surface area contributed by atoms with E-state index in [0.717, 1.165) is 49.9 Å². The number of hydrogen-bond donors (Lipinski definition) is 2. The molecule has 5 fully saturated rings. The molecule has 1 atom stereocenters. The van der Waals surface area contributed by atoms with Crippen LogP contribution in [0.4, 0.5) is 0 Å². The third-order valence-corrected chi connectivity index (χ3v) is 7.15. The standard InChI is InChI=1S/C19H29NO4/c21-17(22)16(15-1-3-24-4-2-15)11-20-18(23)19-8-12-5-13(9-19)7-14(6-12)10-19/h12-16H,1-11H2,(H,20,23)(H,21,22). The van der Waals surface area contributed by atoms with E-state index in [9.17, 15) is 14.7 Å². The number of amides is 1. The first-order chi connectivity index (χ1) is 11.6. The molecule has 2 N–H and O–H groups in total. The third-order valence-electron chi connectivity index (χ3n) is 7.15.